The topological polar surface area (TPSA) is 37.8 Å². The fourth-order valence-electron chi connectivity index (χ4n) is 2.72. The van der Waals surface area contributed by atoms with Crippen molar-refractivity contribution in [1.82, 2.24) is 9.97 Å². The second-order valence-corrected chi connectivity index (χ2v) is 7.82. The first kappa shape index (κ1) is 17.3. The zero-order chi connectivity index (χ0) is 18.1. The van der Waals surface area contributed by atoms with Crippen LogP contribution in [0.4, 0.5) is 11.5 Å². The van der Waals surface area contributed by atoms with Crippen molar-refractivity contribution in [2.24, 2.45) is 0 Å². The van der Waals surface area contributed by atoms with Crippen molar-refractivity contribution in [3.63, 3.8) is 0 Å². The number of nitrogens with zero attached hydrogens (tertiary/aromatic N) is 2. The molecule has 0 aliphatic carbocycles. The summed E-state index contributed by atoms with van der Waals surface area (Å²) >= 11 is 14.0. The van der Waals surface area contributed by atoms with Gasteiger partial charge < -0.3 is 5.32 Å². The van der Waals surface area contributed by atoms with E-state index < -0.39 is 0 Å². The van der Waals surface area contributed by atoms with Crippen molar-refractivity contribution in [2.45, 2.75) is 13.3 Å². The minimum Gasteiger partial charge on any atom is -0.339 e. The first-order valence-electron chi connectivity index (χ1n) is 8.21. The molecule has 0 aliphatic rings. The number of aryl methyl sites for hydroxylation is 1. The molecule has 0 saturated heterocycles. The van der Waals surface area contributed by atoms with E-state index in [1.807, 2.05) is 42.5 Å². The molecule has 0 fully saturated rings. The van der Waals surface area contributed by atoms with Crippen molar-refractivity contribution in [3.05, 3.63) is 69.5 Å². The van der Waals surface area contributed by atoms with E-state index in [0.29, 0.717) is 15.9 Å². The van der Waals surface area contributed by atoms with Gasteiger partial charge in [-0.05, 0) is 30.7 Å². The third kappa shape index (κ3) is 3.54. The van der Waals surface area contributed by atoms with Crippen molar-refractivity contribution >= 4 is 56.3 Å². The maximum absolute atomic E-state index is 6.13. The Morgan fingerprint density at radius 2 is 1.69 bits per heavy atom. The number of nitrogens with one attached hydrogen (secondary N) is 1. The molecule has 0 saturated carbocycles. The smallest absolute Gasteiger partial charge is 0.163 e. The van der Waals surface area contributed by atoms with Crippen LogP contribution in [0.25, 0.3) is 21.6 Å². The van der Waals surface area contributed by atoms with Crippen molar-refractivity contribution in [3.8, 4) is 11.4 Å². The SMILES string of the molecule is CCc1cc2c(Nc3cc(Cl)cc(Cl)c3)nc(-c3ccccc3)nc2s1. The van der Waals surface area contributed by atoms with Crippen LogP contribution in [0.15, 0.2) is 54.6 Å². The lowest BCUT2D eigenvalue weighted by atomic mass is 10.2. The standard InChI is InChI=1S/C20H15Cl2N3S/c1-2-16-11-17-19(23-15-9-13(21)8-14(22)10-15)24-18(25-20(17)26-16)12-6-4-3-5-7-12/h3-11H,2H2,1H3,(H,23,24,25). The van der Waals surface area contributed by atoms with Gasteiger partial charge in [0.05, 0.1) is 5.39 Å². The molecule has 0 radical (unpaired) electrons. The summed E-state index contributed by atoms with van der Waals surface area (Å²) in [4.78, 5) is 11.8. The van der Waals surface area contributed by atoms with Gasteiger partial charge in [0.1, 0.15) is 10.6 Å². The molecule has 0 bridgehead atoms. The Morgan fingerprint density at radius 3 is 2.38 bits per heavy atom. The van der Waals surface area contributed by atoms with Gasteiger partial charge in [-0.3, -0.25) is 0 Å². The molecule has 4 rings (SSSR count). The van der Waals surface area contributed by atoms with E-state index in [9.17, 15) is 0 Å². The van der Waals surface area contributed by atoms with E-state index in [0.717, 1.165) is 33.7 Å². The van der Waals surface area contributed by atoms with Gasteiger partial charge in [-0.1, -0.05) is 60.5 Å². The summed E-state index contributed by atoms with van der Waals surface area (Å²) in [6.45, 7) is 2.14. The van der Waals surface area contributed by atoms with Crippen LogP contribution in [0.1, 0.15) is 11.8 Å². The van der Waals surface area contributed by atoms with Gasteiger partial charge in [0, 0.05) is 26.2 Å². The van der Waals surface area contributed by atoms with E-state index in [1.165, 1.54) is 4.88 Å². The fourth-order valence-corrected chi connectivity index (χ4v) is 4.21. The summed E-state index contributed by atoms with van der Waals surface area (Å²) in [7, 11) is 0. The molecule has 0 atom stereocenters. The van der Waals surface area contributed by atoms with E-state index in [-0.39, 0.29) is 0 Å². The fraction of sp³-hybridized carbons (Fsp3) is 0.100. The molecule has 3 nitrogen and oxygen atoms in total. The van der Waals surface area contributed by atoms with E-state index >= 15 is 0 Å². The highest BCUT2D eigenvalue weighted by atomic mass is 35.5. The predicted molar refractivity (Wildman–Crippen MR) is 112 cm³/mol. The largest absolute Gasteiger partial charge is 0.339 e. The summed E-state index contributed by atoms with van der Waals surface area (Å²) in [5.74, 6) is 1.45. The van der Waals surface area contributed by atoms with Gasteiger partial charge in [-0.15, -0.1) is 11.3 Å². The molecule has 0 spiro atoms. The average Bonchev–Trinajstić information content (AvgIpc) is 3.05. The number of halogens is 2. The first-order valence-corrected chi connectivity index (χ1v) is 9.78. The summed E-state index contributed by atoms with van der Waals surface area (Å²) in [6.07, 6.45) is 0.962. The van der Waals surface area contributed by atoms with Crippen LogP contribution >= 0.6 is 34.5 Å². The van der Waals surface area contributed by atoms with Crippen LogP contribution in [0.3, 0.4) is 0 Å². The van der Waals surface area contributed by atoms with Crippen LogP contribution < -0.4 is 5.32 Å². The molecule has 2 heterocycles. The molecular weight excluding hydrogens is 385 g/mol. The molecule has 1 N–H and O–H groups in total. The first-order chi connectivity index (χ1) is 12.6. The number of hydrogen-bond donors (Lipinski definition) is 1. The highest BCUT2D eigenvalue weighted by Gasteiger charge is 2.13. The third-order valence-electron chi connectivity index (χ3n) is 3.95. The molecule has 2 aromatic heterocycles. The van der Waals surface area contributed by atoms with Gasteiger partial charge in [0.15, 0.2) is 5.82 Å². The highest BCUT2D eigenvalue weighted by molar-refractivity contribution is 7.18. The molecule has 26 heavy (non-hydrogen) atoms. The van der Waals surface area contributed by atoms with E-state index in [4.69, 9.17) is 33.2 Å². The Hall–Kier alpha value is -2.14. The Labute approximate surface area is 165 Å². The van der Waals surface area contributed by atoms with Crippen LogP contribution in [-0.4, -0.2) is 9.97 Å². The lowest BCUT2D eigenvalue weighted by Gasteiger charge is -2.10. The van der Waals surface area contributed by atoms with E-state index in [2.05, 4.69) is 18.3 Å². The lowest BCUT2D eigenvalue weighted by Crippen LogP contribution is -1.98. The molecular formula is C20H15Cl2N3S. The molecule has 0 unspecified atom stereocenters. The predicted octanol–water partition coefficient (Wildman–Crippen LogP) is 6.97. The second-order valence-electron chi connectivity index (χ2n) is 5.83. The van der Waals surface area contributed by atoms with Gasteiger partial charge in [-0.2, -0.15) is 0 Å². The van der Waals surface area contributed by atoms with Crippen molar-refractivity contribution in [1.29, 1.82) is 0 Å². The second kappa shape index (κ2) is 7.23. The Bertz CT molecular complexity index is 1060. The molecule has 6 heteroatoms. The number of hydrogen-bond acceptors (Lipinski definition) is 4. The maximum atomic E-state index is 6.13. The number of thiophene rings is 1. The molecule has 2 aromatic carbocycles. The van der Waals surface area contributed by atoms with Crippen LogP contribution in [-0.2, 0) is 6.42 Å². The number of anilines is 2. The number of aromatic nitrogens is 2. The number of fused-ring (bicyclic) bond motifs is 1. The Morgan fingerprint density at radius 1 is 0.962 bits per heavy atom. The average molecular weight is 400 g/mol. The molecule has 4 aromatic rings. The maximum Gasteiger partial charge on any atom is 0.163 e. The molecule has 0 amide bonds. The normalized spacial score (nSPS) is 11.0. The summed E-state index contributed by atoms with van der Waals surface area (Å²) in [5, 5.41) is 5.52. The zero-order valence-corrected chi connectivity index (χ0v) is 16.3. The van der Waals surface area contributed by atoms with Crippen molar-refractivity contribution in [2.75, 3.05) is 5.32 Å². The molecule has 130 valence electrons. The quantitative estimate of drug-likeness (QED) is 0.402. The van der Waals surface area contributed by atoms with E-state index in [1.54, 1.807) is 17.4 Å². The lowest BCUT2D eigenvalue weighted by molar-refractivity contribution is 1.19. The Kier molecular flexibility index (Phi) is 4.81. The van der Waals surface area contributed by atoms with Crippen LogP contribution in [0.2, 0.25) is 10.0 Å². The number of rotatable bonds is 4. The Balaban J connectivity index is 1.86. The van der Waals surface area contributed by atoms with Crippen molar-refractivity contribution < 1.29 is 0 Å². The monoisotopic (exact) mass is 399 g/mol. The van der Waals surface area contributed by atoms with Gasteiger partial charge >= 0.3 is 0 Å². The van der Waals surface area contributed by atoms with Crippen LogP contribution in [0, 0.1) is 0 Å². The van der Waals surface area contributed by atoms with Gasteiger partial charge in [-0.25, -0.2) is 9.97 Å². The summed E-state index contributed by atoms with van der Waals surface area (Å²) in [5.41, 5.74) is 1.78. The van der Waals surface area contributed by atoms with Gasteiger partial charge in [0.2, 0.25) is 0 Å². The van der Waals surface area contributed by atoms with Crippen LogP contribution in [0.5, 0.6) is 0 Å². The minimum absolute atomic E-state index is 0.577. The molecule has 0 aliphatic heterocycles. The minimum atomic E-state index is 0.577. The summed E-state index contributed by atoms with van der Waals surface area (Å²) in [6, 6.07) is 17.5. The third-order valence-corrected chi connectivity index (χ3v) is 5.56. The highest BCUT2D eigenvalue weighted by Crippen LogP contribution is 2.34. The zero-order valence-electron chi connectivity index (χ0n) is 14.0. The van der Waals surface area contributed by atoms with Gasteiger partial charge in [0.25, 0.3) is 0 Å². The number of benzene rings is 2. The summed E-state index contributed by atoms with van der Waals surface area (Å²) < 4.78 is 0.